The fourth-order valence-electron chi connectivity index (χ4n) is 3.42. The molecule has 4 aromatic carbocycles. The molecule has 0 aliphatic carbocycles. The van der Waals surface area contributed by atoms with Crippen molar-refractivity contribution in [1.29, 1.82) is 0 Å². The summed E-state index contributed by atoms with van der Waals surface area (Å²) >= 11 is 0. The Morgan fingerprint density at radius 2 is 1.42 bits per heavy atom. The lowest BCUT2D eigenvalue weighted by molar-refractivity contribution is 0.0734. The van der Waals surface area contributed by atoms with Crippen LogP contribution in [0.5, 0.6) is 23.0 Å². The third-order valence-electron chi connectivity index (χ3n) is 5.45. The number of esters is 1. The van der Waals surface area contributed by atoms with Gasteiger partial charge >= 0.3 is 5.97 Å². The lowest BCUT2D eigenvalue weighted by Gasteiger charge is -2.09. The first-order valence-electron chi connectivity index (χ1n) is 11.7. The first-order chi connectivity index (χ1) is 18.6. The molecule has 38 heavy (non-hydrogen) atoms. The van der Waals surface area contributed by atoms with Gasteiger partial charge in [-0.1, -0.05) is 30.3 Å². The second kappa shape index (κ2) is 12.7. The van der Waals surface area contributed by atoms with E-state index in [9.17, 15) is 9.59 Å². The number of benzene rings is 4. The highest BCUT2D eigenvalue weighted by Crippen LogP contribution is 2.28. The number of rotatable bonds is 10. The average Bonchev–Trinajstić information content (AvgIpc) is 2.97. The largest absolute Gasteiger partial charge is 0.493 e. The fraction of sp³-hybridized carbons (Fsp3) is 0.100. The van der Waals surface area contributed by atoms with Gasteiger partial charge in [0.1, 0.15) is 18.1 Å². The van der Waals surface area contributed by atoms with Gasteiger partial charge in [0.15, 0.2) is 11.5 Å². The van der Waals surface area contributed by atoms with E-state index in [1.165, 1.54) is 20.4 Å². The molecule has 0 aliphatic heterocycles. The van der Waals surface area contributed by atoms with Crippen molar-refractivity contribution in [2.75, 3.05) is 14.2 Å². The van der Waals surface area contributed by atoms with E-state index in [1.807, 2.05) is 30.3 Å². The van der Waals surface area contributed by atoms with Crippen LogP contribution in [0.3, 0.4) is 0 Å². The van der Waals surface area contributed by atoms with Gasteiger partial charge in [-0.25, -0.2) is 10.2 Å². The fourth-order valence-corrected chi connectivity index (χ4v) is 3.42. The van der Waals surface area contributed by atoms with Crippen LogP contribution in [0.2, 0.25) is 0 Å². The summed E-state index contributed by atoms with van der Waals surface area (Å²) in [5, 5.41) is 4.00. The summed E-state index contributed by atoms with van der Waals surface area (Å²) in [7, 11) is 3.02. The molecular weight excluding hydrogens is 484 g/mol. The van der Waals surface area contributed by atoms with Crippen molar-refractivity contribution >= 4 is 18.1 Å². The number of nitrogens with one attached hydrogen (secondary N) is 1. The number of hydrazone groups is 1. The zero-order chi connectivity index (χ0) is 26.7. The predicted octanol–water partition coefficient (Wildman–Crippen LogP) is 5.27. The Kier molecular flexibility index (Phi) is 8.70. The van der Waals surface area contributed by atoms with Crippen molar-refractivity contribution < 1.29 is 28.5 Å². The van der Waals surface area contributed by atoms with Crippen LogP contribution in [-0.2, 0) is 6.61 Å². The first kappa shape index (κ1) is 26.0. The van der Waals surface area contributed by atoms with E-state index in [-0.39, 0.29) is 5.91 Å². The molecule has 0 fully saturated rings. The molecule has 0 aromatic heterocycles. The molecule has 0 saturated heterocycles. The van der Waals surface area contributed by atoms with Crippen LogP contribution in [0.15, 0.2) is 102 Å². The molecule has 4 aromatic rings. The number of hydrogen-bond donors (Lipinski definition) is 1. The summed E-state index contributed by atoms with van der Waals surface area (Å²) in [6.45, 7) is 0.449. The molecule has 0 spiro atoms. The van der Waals surface area contributed by atoms with Crippen molar-refractivity contribution in [3.63, 3.8) is 0 Å². The van der Waals surface area contributed by atoms with Crippen LogP contribution in [0.25, 0.3) is 0 Å². The third-order valence-corrected chi connectivity index (χ3v) is 5.45. The number of methoxy groups -OCH3 is 2. The van der Waals surface area contributed by atoms with Crippen molar-refractivity contribution in [1.82, 2.24) is 5.43 Å². The lowest BCUT2D eigenvalue weighted by Crippen LogP contribution is -2.17. The van der Waals surface area contributed by atoms with Crippen LogP contribution < -0.4 is 24.4 Å². The summed E-state index contributed by atoms with van der Waals surface area (Å²) in [6, 6.07) is 28.1. The van der Waals surface area contributed by atoms with Gasteiger partial charge in [0.2, 0.25) is 0 Å². The highest BCUT2D eigenvalue weighted by molar-refractivity contribution is 5.95. The molecule has 0 aliphatic rings. The molecule has 1 N–H and O–H groups in total. The van der Waals surface area contributed by atoms with Crippen molar-refractivity contribution in [2.24, 2.45) is 5.10 Å². The number of nitrogens with zero attached hydrogens (tertiary/aromatic N) is 1. The van der Waals surface area contributed by atoms with Gasteiger partial charge in [0.25, 0.3) is 5.91 Å². The average molecular weight is 511 g/mol. The highest BCUT2D eigenvalue weighted by atomic mass is 16.5. The van der Waals surface area contributed by atoms with Crippen LogP contribution in [0, 0.1) is 0 Å². The quantitative estimate of drug-likeness (QED) is 0.135. The van der Waals surface area contributed by atoms with Gasteiger partial charge in [0, 0.05) is 5.56 Å². The van der Waals surface area contributed by atoms with E-state index in [1.54, 1.807) is 66.7 Å². The molecule has 0 radical (unpaired) electrons. The van der Waals surface area contributed by atoms with Crippen LogP contribution >= 0.6 is 0 Å². The lowest BCUT2D eigenvalue weighted by atomic mass is 10.2. The Morgan fingerprint density at radius 3 is 2.11 bits per heavy atom. The minimum Gasteiger partial charge on any atom is -0.493 e. The highest BCUT2D eigenvalue weighted by Gasteiger charge is 2.13. The molecule has 0 unspecified atom stereocenters. The van der Waals surface area contributed by atoms with Crippen molar-refractivity contribution in [2.45, 2.75) is 6.61 Å². The zero-order valence-electron chi connectivity index (χ0n) is 20.9. The van der Waals surface area contributed by atoms with Crippen LogP contribution in [0.4, 0.5) is 0 Å². The van der Waals surface area contributed by atoms with Crippen LogP contribution in [0.1, 0.15) is 31.8 Å². The number of ether oxygens (including phenoxy) is 4. The van der Waals surface area contributed by atoms with Gasteiger partial charge in [0.05, 0.1) is 26.0 Å². The molecular formula is C30H26N2O6. The number of amides is 1. The summed E-state index contributed by atoms with van der Waals surface area (Å²) in [5.41, 5.74) is 5.04. The molecule has 0 saturated carbocycles. The van der Waals surface area contributed by atoms with E-state index >= 15 is 0 Å². The van der Waals surface area contributed by atoms with E-state index in [0.717, 1.165) is 5.56 Å². The Labute approximate surface area is 220 Å². The smallest absolute Gasteiger partial charge is 0.343 e. The molecule has 4 rings (SSSR count). The molecule has 8 heteroatoms. The number of carbonyl (C=O) groups excluding carboxylic acids is 2. The Balaban J connectivity index is 1.27. The van der Waals surface area contributed by atoms with Crippen LogP contribution in [-0.4, -0.2) is 32.3 Å². The second-order valence-electron chi connectivity index (χ2n) is 8.03. The summed E-state index contributed by atoms with van der Waals surface area (Å²) in [6.07, 6.45) is 1.50. The van der Waals surface area contributed by atoms with E-state index in [0.29, 0.717) is 46.3 Å². The number of carbonyl (C=O) groups is 2. The van der Waals surface area contributed by atoms with E-state index in [2.05, 4.69) is 10.5 Å². The Bertz CT molecular complexity index is 1400. The maximum absolute atomic E-state index is 12.5. The Morgan fingerprint density at radius 1 is 0.763 bits per heavy atom. The van der Waals surface area contributed by atoms with Crippen molar-refractivity contribution in [3.8, 4) is 23.0 Å². The van der Waals surface area contributed by atoms with Gasteiger partial charge in [-0.15, -0.1) is 0 Å². The first-order valence-corrected chi connectivity index (χ1v) is 11.7. The molecule has 0 atom stereocenters. The molecule has 0 heterocycles. The van der Waals surface area contributed by atoms with E-state index in [4.69, 9.17) is 18.9 Å². The molecule has 192 valence electrons. The summed E-state index contributed by atoms with van der Waals surface area (Å²) < 4.78 is 21.6. The topological polar surface area (TPSA) is 95.5 Å². The molecule has 0 bridgehead atoms. The SMILES string of the molecule is COc1ccc(C(=O)Oc2ccc(/C=N\NC(=O)c3ccc(OCc4ccccc4)cc3)cc2)cc1OC. The van der Waals surface area contributed by atoms with Gasteiger partial charge in [-0.05, 0) is 77.9 Å². The number of hydrogen-bond acceptors (Lipinski definition) is 7. The van der Waals surface area contributed by atoms with Gasteiger partial charge in [-0.3, -0.25) is 4.79 Å². The monoisotopic (exact) mass is 510 g/mol. The minimum atomic E-state index is -0.531. The molecule has 8 nitrogen and oxygen atoms in total. The summed E-state index contributed by atoms with van der Waals surface area (Å²) in [5.74, 6) is 1.10. The van der Waals surface area contributed by atoms with E-state index < -0.39 is 5.97 Å². The maximum atomic E-state index is 12.5. The minimum absolute atomic E-state index is 0.326. The second-order valence-corrected chi connectivity index (χ2v) is 8.03. The third kappa shape index (κ3) is 6.98. The molecule has 1 amide bonds. The van der Waals surface area contributed by atoms with Gasteiger partial charge in [-0.2, -0.15) is 5.10 Å². The summed E-state index contributed by atoms with van der Waals surface area (Å²) in [4.78, 5) is 24.9. The van der Waals surface area contributed by atoms with Crippen molar-refractivity contribution in [3.05, 3.63) is 119 Å². The maximum Gasteiger partial charge on any atom is 0.343 e. The standard InChI is InChI=1S/C30H26N2O6/c1-35-27-17-12-24(18-28(27)36-2)30(34)38-26-13-8-21(9-14-26)19-31-32-29(33)23-10-15-25(16-11-23)37-20-22-6-4-3-5-7-22/h3-19H,20H2,1-2H3,(H,32,33)/b31-19-. The predicted molar refractivity (Wildman–Crippen MR) is 143 cm³/mol. The Hall–Kier alpha value is -5.11. The zero-order valence-corrected chi connectivity index (χ0v) is 20.9. The van der Waals surface area contributed by atoms with Gasteiger partial charge < -0.3 is 18.9 Å². The normalized spacial score (nSPS) is 10.6.